The second kappa shape index (κ2) is 15.4. The van der Waals surface area contributed by atoms with Crippen LogP contribution in [0.2, 0.25) is 16.6 Å². The van der Waals surface area contributed by atoms with E-state index in [9.17, 15) is 9.59 Å². The Kier molecular flexibility index (Phi) is 13.3. The maximum atomic E-state index is 13.2. The molecule has 2 saturated heterocycles. The minimum Gasteiger partial charge on any atom is -0.445 e. The molecule has 0 aliphatic carbocycles. The van der Waals surface area contributed by atoms with E-state index in [1.54, 1.807) is 6.08 Å². The fraction of sp³-hybridized carbons (Fsp3) is 0.862. The van der Waals surface area contributed by atoms with Gasteiger partial charge in [0.15, 0.2) is 6.29 Å². The maximum absolute atomic E-state index is 13.2. The normalized spacial score (nSPS) is 25.9. The van der Waals surface area contributed by atoms with Crippen LogP contribution < -0.4 is 0 Å². The zero-order chi connectivity index (χ0) is 27.6. The lowest BCUT2D eigenvalue weighted by atomic mass is 9.91. The van der Waals surface area contributed by atoms with Crippen LogP contribution in [0.4, 0.5) is 4.79 Å². The fourth-order valence-corrected chi connectivity index (χ4v) is 12.3. The molecule has 0 radical (unpaired) electrons. The van der Waals surface area contributed by atoms with Crippen LogP contribution in [0.25, 0.3) is 0 Å². The average molecular weight is 540 g/mol. The molecule has 0 N–H and O–H groups in total. The monoisotopic (exact) mass is 539 g/mol. The summed E-state index contributed by atoms with van der Waals surface area (Å²) in [5, 5.41) is 0. The molecule has 0 aromatic carbocycles. The molecule has 0 bridgehead atoms. The van der Waals surface area contributed by atoms with Gasteiger partial charge in [-0.25, -0.2) is 4.79 Å². The molecule has 0 saturated carbocycles. The molecule has 0 aromatic rings. The van der Waals surface area contributed by atoms with Gasteiger partial charge < -0.3 is 23.4 Å². The Bertz CT molecular complexity index is 687. The topological polar surface area (TPSA) is 74.3 Å². The number of likely N-dealkylation sites (tertiary alicyclic amines) is 1. The molecule has 0 spiro atoms. The Balaban J connectivity index is 2.10. The Hall–Kier alpha value is -1.22. The smallest absolute Gasteiger partial charge is 0.410 e. The van der Waals surface area contributed by atoms with Gasteiger partial charge in [-0.15, -0.1) is 0 Å². The van der Waals surface area contributed by atoms with E-state index in [4.69, 9.17) is 18.6 Å². The van der Waals surface area contributed by atoms with Crippen LogP contribution in [-0.2, 0) is 23.4 Å². The second-order valence-electron chi connectivity index (χ2n) is 11.8. The molecule has 0 aromatic heterocycles. The molecule has 2 rings (SSSR count). The first-order valence-electron chi connectivity index (χ1n) is 14.5. The first-order valence-corrected chi connectivity index (χ1v) is 16.7. The van der Waals surface area contributed by atoms with E-state index >= 15 is 0 Å². The number of hydrogen-bond acceptors (Lipinski definition) is 6. The molecule has 8 heteroatoms. The summed E-state index contributed by atoms with van der Waals surface area (Å²) < 4.78 is 24.2. The van der Waals surface area contributed by atoms with Crippen molar-refractivity contribution >= 4 is 20.7 Å². The number of rotatable bonds is 14. The van der Waals surface area contributed by atoms with E-state index in [1.165, 1.54) is 0 Å². The van der Waals surface area contributed by atoms with E-state index in [-0.39, 0.29) is 37.2 Å². The number of aldehydes is 1. The van der Waals surface area contributed by atoms with Crippen LogP contribution in [0.1, 0.15) is 99.8 Å². The van der Waals surface area contributed by atoms with Gasteiger partial charge in [0.05, 0.1) is 12.1 Å². The van der Waals surface area contributed by atoms with Crippen molar-refractivity contribution in [3.63, 3.8) is 0 Å². The molecule has 2 fully saturated rings. The van der Waals surface area contributed by atoms with Crippen molar-refractivity contribution in [3.8, 4) is 0 Å². The van der Waals surface area contributed by atoms with Gasteiger partial charge in [0.25, 0.3) is 0 Å². The van der Waals surface area contributed by atoms with Crippen LogP contribution >= 0.6 is 0 Å². The fourth-order valence-electron chi connectivity index (χ4n) is 6.62. The first kappa shape index (κ1) is 32.0. The largest absolute Gasteiger partial charge is 0.445 e. The van der Waals surface area contributed by atoms with Crippen molar-refractivity contribution in [2.24, 2.45) is 0 Å². The van der Waals surface area contributed by atoms with Gasteiger partial charge >= 0.3 is 6.09 Å². The zero-order valence-electron chi connectivity index (χ0n) is 24.4. The van der Waals surface area contributed by atoms with Crippen molar-refractivity contribution in [1.29, 1.82) is 0 Å². The van der Waals surface area contributed by atoms with E-state index < -0.39 is 14.4 Å². The SMILES string of the molecule is C=CCOC(=O)N1[C@@H](CCC[C@H](C=O)OC2CCCCO2)CC[C@@H](O[Si](C(C)C)(C(C)C)C(C)C)[C@@H]1C. The van der Waals surface area contributed by atoms with Gasteiger partial charge in [-0.3, -0.25) is 4.90 Å². The quantitative estimate of drug-likeness (QED) is 0.134. The summed E-state index contributed by atoms with van der Waals surface area (Å²) in [6.45, 7) is 20.4. The van der Waals surface area contributed by atoms with Crippen molar-refractivity contribution in [1.82, 2.24) is 4.90 Å². The highest BCUT2D eigenvalue weighted by atomic mass is 28.4. The van der Waals surface area contributed by atoms with Crippen molar-refractivity contribution < 1.29 is 28.2 Å². The molecule has 2 heterocycles. The van der Waals surface area contributed by atoms with Crippen LogP contribution in [0.3, 0.4) is 0 Å². The van der Waals surface area contributed by atoms with E-state index in [2.05, 4.69) is 55.0 Å². The predicted octanol–water partition coefficient (Wildman–Crippen LogP) is 7.00. The van der Waals surface area contributed by atoms with Crippen molar-refractivity contribution in [2.75, 3.05) is 13.2 Å². The lowest BCUT2D eigenvalue weighted by Gasteiger charge is -2.50. The molecule has 2 aliphatic rings. The highest BCUT2D eigenvalue weighted by molar-refractivity contribution is 6.77. The standard InChI is InChI=1S/C29H53NO6Si/c1-9-18-34-29(32)30-24(8)27(36-37(21(2)3,22(4)5)23(6)7)17-16-25(30)13-12-14-26(20-31)35-28-15-10-11-19-33-28/h9,20-28H,1,10-19H2,2-8H3/t24-,25-,26+,27+,28?/m0/s1. The lowest BCUT2D eigenvalue weighted by molar-refractivity contribution is -0.187. The molecular formula is C29H53NO6Si. The van der Waals surface area contributed by atoms with Crippen LogP contribution in [0, 0.1) is 0 Å². The third-order valence-electron chi connectivity index (χ3n) is 8.39. The van der Waals surface area contributed by atoms with Gasteiger partial charge in [-0.2, -0.15) is 0 Å². The summed E-state index contributed by atoms with van der Waals surface area (Å²) in [6.07, 6.45) is 8.32. The van der Waals surface area contributed by atoms with Crippen molar-refractivity contribution in [2.45, 2.75) is 147 Å². The molecule has 5 atom stereocenters. The number of amides is 1. The molecule has 37 heavy (non-hydrogen) atoms. The molecule has 7 nitrogen and oxygen atoms in total. The number of carbonyl (C=O) groups is 2. The summed E-state index contributed by atoms with van der Waals surface area (Å²) in [4.78, 5) is 26.8. The molecule has 214 valence electrons. The van der Waals surface area contributed by atoms with Crippen LogP contribution in [0.15, 0.2) is 12.7 Å². The van der Waals surface area contributed by atoms with E-state index in [0.717, 1.165) is 51.2 Å². The van der Waals surface area contributed by atoms with Crippen molar-refractivity contribution in [3.05, 3.63) is 12.7 Å². The van der Waals surface area contributed by atoms with Crippen LogP contribution in [0.5, 0.6) is 0 Å². The van der Waals surface area contributed by atoms with E-state index in [1.807, 2.05) is 4.90 Å². The Morgan fingerprint density at radius 1 is 1.08 bits per heavy atom. The third kappa shape index (κ3) is 8.38. The van der Waals surface area contributed by atoms with Gasteiger partial charge in [-0.1, -0.05) is 54.2 Å². The van der Waals surface area contributed by atoms with Gasteiger partial charge in [0, 0.05) is 12.6 Å². The van der Waals surface area contributed by atoms with Gasteiger partial charge in [0.2, 0.25) is 8.32 Å². The minimum atomic E-state index is -2.10. The Morgan fingerprint density at radius 2 is 1.76 bits per heavy atom. The van der Waals surface area contributed by atoms with Gasteiger partial charge in [-0.05, 0) is 74.9 Å². The molecule has 2 aliphatic heterocycles. The summed E-state index contributed by atoms with van der Waals surface area (Å²) in [7, 11) is -2.10. The number of hydrogen-bond donors (Lipinski definition) is 0. The summed E-state index contributed by atoms with van der Waals surface area (Å²) in [5.41, 5.74) is 1.44. The second-order valence-corrected chi connectivity index (χ2v) is 17.2. The molecule has 1 unspecified atom stereocenters. The predicted molar refractivity (Wildman–Crippen MR) is 150 cm³/mol. The highest BCUT2D eigenvalue weighted by Gasteiger charge is 2.49. The molecule has 1 amide bonds. The number of carbonyl (C=O) groups excluding carboxylic acids is 2. The maximum Gasteiger partial charge on any atom is 0.410 e. The highest BCUT2D eigenvalue weighted by Crippen LogP contribution is 2.45. The third-order valence-corrected chi connectivity index (χ3v) is 14.5. The number of piperidine rings is 1. The van der Waals surface area contributed by atoms with Crippen LogP contribution in [-0.4, -0.2) is 69.4 Å². The summed E-state index contributed by atoms with van der Waals surface area (Å²) >= 11 is 0. The molecular weight excluding hydrogens is 486 g/mol. The van der Waals surface area contributed by atoms with E-state index in [0.29, 0.717) is 29.7 Å². The van der Waals surface area contributed by atoms with Gasteiger partial charge in [0.1, 0.15) is 19.0 Å². The Morgan fingerprint density at radius 3 is 2.30 bits per heavy atom. The summed E-state index contributed by atoms with van der Waals surface area (Å²) in [5.74, 6) is 0. The first-order chi connectivity index (χ1) is 17.6. The summed E-state index contributed by atoms with van der Waals surface area (Å²) in [6, 6.07) is -0.0495. The average Bonchev–Trinajstić information content (AvgIpc) is 2.86. The Labute approximate surface area is 226 Å². The number of nitrogens with zero attached hydrogens (tertiary/aromatic N) is 1. The lowest BCUT2D eigenvalue weighted by Crippen LogP contribution is -2.60. The minimum absolute atomic E-state index is 0.0131. The number of ether oxygens (including phenoxy) is 3. The zero-order valence-corrected chi connectivity index (χ0v) is 25.4.